The zero-order chi connectivity index (χ0) is 31.5. The molecule has 0 aliphatic heterocycles. The first-order valence-electron chi connectivity index (χ1n) is 13.9. The van der Waals surface area contributed by atoms with Gasteiger partial charge in [0.1, 0.15) is 24.7 Å². The molecule has 9 nitrogen and oxygen atoms in total. The van der Waals surface area contributed by atoms with Crippen molar-refractivity contribution < 1.29 is 23.9 Å². The number of hydrogen-bond acceptors (Lipinski definition) is 6. The molecule has 0 saturated carbocycles. The summed E-state index contributed by atoms with van der Waals surface area (Å²) in [6, 6.07) is 29.9. The SMILES string of the molecule is CC(C)(C)c1ccc(C(=O)Nc2ccc(C(=O)NNC(=S)NC(=O)c3cccc(OCCOc4ccccc4)c3)cc2)cc1. The highest BCUT2D eigenvalue weighted by Crippen LogP contribution is 2.22. The maximum atomic E-state index is 12.7. The van der Waals surface area contributed by atoms with Crippen molar-refractivity contribution >= 4 is 40.7 Å². The number of carbonyl (C=O) groups is 3. The molecule has 3 amide bonds. The van der Waals surface area contributed by atoms with Gasteiger partial charge in [0.05, 0.1) is 0 Å². The lowest BCUT2D eigenvalue weighted by Gasteiger charge is -2.19. The number of thiocarbonyl (C=S) groups is 1. The van der Waals surface area contributed by atoms with Crippen molar-refractivity contribution in [3.8, 4) is 11.5 Å². The molecule has 0 radical (unpaired) electrons. The Hall–Kier alpha value is -5.22. The third kappa shape index (κ3) is 9.40. The average molecular weight is 611 g/mol. The molecule has 0 atom stereocenters. The van der Waals surface area contributed by atoms with Crippen molar-refractivity contribution in [2.75, 3.05) is 18.5 Å². The lowest BCUT2D eigenvalue weighted by Crippen LogP contribution is -2.48. The summed E-state index contributed by atoms with van der Waals surface area (Å²) >= 11 is 5.15. The van der Waals surface area contributed by atoms with E-state index >= 15 is 0 Å². The molecule has 226 valence electrons. The third-order valence-electron chi connectivity index (χ3n) is 6.39. The standard InChI is InChI=1S/C34H34N4O5S/c1-34(2,3)26-16-12-23(13-17-26)30(39)35-27-18-14-24(15-19-27)32(41)37-38-33(44)36-31(40)25-8-7-11-29(22-25)43-21-20-42-28-9-5-4-6-10-28/h4-19,22H,20-21H2,1-3H3,(H,35,39)(H,37,41)(H2,36,38,40,44). The number of anilines is 1. The first-order valence-corrected chi connectivity index (χ1v) is 14.3. The van der Waals surface area contributed by atoms with Crippen LogP contribution in [-0.2, 0) is 5.41 Å². The summed E-state index contributed by atoms with van der Waals surface area (Å²) in [6.45, 7) is 6.98. The van der Waals surface area contributed by atoms with Crippen LogP contribution in [0.4, 0.5) is 5.69 Å². The van der Waals surface area contributed by atoms with Gasteiger partial charge in [-0.15, -0.1) is 0 Å². The van der Waals surface area contributed by atoms with E-state index in [2.05, 4.69) is 42.3 Å². The van der Waals surface area contributed by atoms with Crippen molar-refractivity contribution in [2.24, 2.45) is 0 Å². The molecule has 10 heteroatoms. The van der Waals surface area contributed by atoms with Gasteiger partial charge < -0.3 is 14.8 Å². The molecule has 0 spiro atoms. The molecule has 0 saturated heterocycles. The molecule has 0 aliphatic carbocycles. The Balaban J connectivity index is 1.20. The molecule has 0 unspecified atom stereocenters. The number of para-hydroxylation sites is 1. The van der Waals surface area contributed by atoms with E-state index in [9.17, 15) is 14.4 Å². The van der Waals surface area contributed by atoms with Gasteiger partial charge in [0, 0.05) is 22.4 Å². The van der Waals surface area contributed by atoms with Crippen molar-refractivity contribution in [1.29, 1.82) is 0 Å². The van der Waals surface area contributed by atoms with Gasteiger partial charge in [0.25, 0.3) is 17.7 Å². The number of nitrogens with one attached hydrogen (secondary N) is 4. The third-order valence-corrected chi connectivity index (χ3v) is 6.60. The smallest absolute Gasteiger partial charge is 0.269 e. The largest absolute Gasteiger partial charge is 0.490 e. The van der Waals surface area contributed by atoms with E-state index in [0.717, 1.165) is 11.3 Å². The van der Waals surface area contributed by atoms with Gasteiger partial charge in [0.15, 0.2) is 5.11 Å². The molecule has 4 rings (SSSR count). The van der Waals surface area contributed by atoms with E-state index in [-0.39, 0.29) is 16.4 Å². The Labute approximate surface area is 261 Å². The van der Waals surface area contributed by atoms with Gasteiger partial charge in [-0.05, 0) is 89.9 Å². The average Bonchev–Trinajstić information content (AvgIpc) is 3.02. The van der Waals surface area contributed by atoms with E-state index in [1.807, 2.05) is 42.5 Å². The molecule has 4 aromatic rings. The summed E-state index contributed by atoms with van der Waals surface area (Å²) < 4.78 is 11.3. The van der Waals surface area contributed by atoms with Crippen LogP contribution in [0.25, 0.3) is 0 Å². The number of amides is 3. The van der Waals surface area contributed by atoms with Crippen LogP contribution in [-0.4, -0.2) is 36.0 Å². The zero-order valence-electron chi connectivity index (χ0n) is 24.7. The van der Waals surface area contributed by atoms with Crippen LogP contribution in [0.2, 0.25) is 0 Å². The quantitative estimate of drug-likeness (QED) is 0.110. The minimum Gasteiger partial charge on any atom is -0.490 e. The van der Waals surface area contributed by atoms with Crippen LogP contribution >= 0.6 is 12.2 Å². The number of hydrogen-bond donors (Lipinski definition) is 4. The predicted octanol–water partition coefficient (Wildman–Crippen LogP) is 5.64. The van der Waals surface area contributed by atoms with Crippen LogP contribution < -0.4 is 31.0 Å². The Morgan fingerprint density at radius 3 is 1.89 bits per heavy atom. The summed E-state index contributed by atoms with van der Waals surface area (Å²) in [5.41, 5.74) is 7.82. The highest BCUT2D eigenvalue weighted by Gasteiger charge is 2.15. The molecular weight excluding hydrogens is 576 g/mol. The number of carbonyl (C=O) groups excluding carboxylic acids is 3. The first kappa shape index (κ1) is 31.7. The van der Waals surface area contributed by atoms with Gasteiger partial charge in [-0.1, -0.05) is 57.2 Å². The Morgan fingerprint density at radius 2 is 1.23 bits per heavy atom. The fourth-order valence-electron chi connectivity index (χ4n) is 3.98. The molecule has 0 fully saturated rings. The molecular formula is C34H34N4O5S. The second-order valence-electron chi connectivity index (χ2n) is 10.8. The van der Waals surface area contributed by atoms with Crippen LogP contribution in [0.15, 0.2) is 103 Å². The number of rotatable bonds is 9. The molecule has 0 heterocycles. The molecule has 44 heavy (non-hydrogen) atoms. The minimum absolute atomic E-state index is 0.00366. The minimum atomic E-state index is -0.481. The van der Waals surface area contributed by atoms with Gasteiger partial charge in [-0.25, -0.2) is 0 Å². The van der Waals surface area contributed by atoms with Gasteiger partial charge in [-0.3, -0.25) is 30.6 Å². The second-order valence-corrected chi connectivity index (χ2v) is 11.2. The van der Waals surface area contributed by atoms with Gasteiger partial charge in [-0.2, -0.15) is 0 Å². The maximum Gasteiger partial charge on any atom is 0.269 e. The Kier molecular flexibility index (Phi) is 10.7. The number of hydrazine groups is 1. The van der Waals surface area contributed by atoms with Crippen molar-refractivity contribution in [3.05, 3.63) is 125 Å². The van der Waals surface area contributed by atoms with E-state index in [0.29, 0.717) is 41.3 Å². The molecule has 0 aliphatic rings. The van der Waals surface area contributed by atoms with Crippen LogP contribution in [0.3, 0.4) is 0 Å². The normalized spacial score (nSPS) is 10.7. The van der Waals surface area contributed by atoms with Crippen molar-refractivity contribution in [3.63, 3.8) is 0 Å². The number of ether oxygens (including phenoxy) is 2. The lowest BCUT2D eigenvalue weighted by molar-refractivity contribution is 0.0934. The highest BCUT2D eigenvalue weighted by atomic mass is 32.1. The zero-order valence-corrected chi connectivity index (χ0v) is 25.5. The summed E-state index contributed by atoms with van der Waals surface area (Å²) in [5.74, 6) is 0.0387. The van der Waals surface area contributed by atoms with Crippen LogP contribution in [0.5, 0.6) is 11.5 Å². The Morgan fingerprint density at radius 1 is 0.636 bits per heavy atom. The van der Waals surface area contributed by atoms with Gasteiger partial charge >= 0.3 is 0 Å². The molecule has 0 bridgehead atoms. The van der Waals surface area contributed by atoms with Crippen LogP contribution in [0, 0.1) is 0 Å². The number of benzene rings is 4. The van der Waals surface area contributed by atoms with Crippen molar-refractivity contribution in [1.82, 2.24) is 16.2 Å². The predicted molar refractivity (Wildman–Crippen MR) is 174 cm³/mol. The first-order chi connectivity index (χ1) is 21.1. The summed E-state index contributed by atoms with van der Waals surface area (Å²) in [4.78, 5) is 37.9. The fourth-order valence-corrected chi connectivity index (χ4v) is 4.13. The van der Waals surface area contributed by atoms with E-state index < -0.39 is 11.8 Å². The van der Waals surface area contributed by atoms with E-state index in [1.54, 1.807) is 60.7 Å². The van der Waals surface area contributed by atoms with Gasteiger partial charge in [0.2, 0.25) is 0 Å². The topological polar surface area (TPSA) is 118 Å². The fraction of sp³-hybridized carbons (Fsp3) is 0.176. The molecule has 4 N–H and O–H groups in total. The van der Waals surface area contributed by atoms with Crippen molar-refractivity contribution in [2.45, 2.75) is 26.2 Å². The highest BCUT2D eigenvalue weighted by molar-refractivity contribution is 7.80. The molecule has 4 aromatic carbocycles. The van der Waals surface area contributed by atoms with E-state index in [4.69, 9.17) is 21.7 Å². The van der Waals surface area contributed by atoms with E-state index in [1.165, 1.54) is 0 Å². The second kappa shape index (κ2) is 14.8. The monoisotopic (exact) mass is 610 g/mol. The lowest BCUT2D eigenvalue weighted by atomic mass is 9.87. The summed E-state index contributed by atoms with van der Waals surface area (Å²) in [6.07, 6.45) is 0. The summed E-state index contributed by atoms with van der Waals surface area (Å²) in [5, 5.41) is 5.25. The van der Waals surface area contributed by atoms with Crippen LogP contribution in [0.1, 0.15) is 57.4 Å². The summed E-state index contributed by atoms with van der Waals surface area (Å²) in [7, 11) is 0. The molecule has 0 aromatic heterocycles. The Bertz CT molecular complexity index is 1600. The maximum absolute atomic E-state index is 12.7.